The molecule has 0 aromatic heterocycles. The van der Waals surface area contributed by atoms with Gasteiger partial charge in [-0.25, -0.2) is 4.79 Å². The van der Waals surface area contributed by atoms with Crippen LogP contribution >= 0.6 is 58.6 Å². The molecule has 1 aromatic carbocycles. The Balaban J connectivity index is 3.66. The van der Waals surface area contributed by atoms with Crippen molar-refractivity contribution in [2.45, 2.75) is 0 Å². The van der Waals surface area contributed by atoms with Crippen LogP contribution in [0.25, 0.3) is 0 Å². The lowest BCUT2D eigenvalue weighted by molar-refractivity contribution is 0.0601. The third-order valence-electron chi connectivity index (χ3n) is 2.04. The molecule has 0 fully saturated rings. The highest BCUT2D eigenvalue weighted by atomic mass is 35.5. The minimum atomic E-state index is -0.747. The van der Waals surface area contributed by atoms with E-state index in [-0.39, 0.29) is 36.3 Å². The van der Waals surface area contributed by atoms with Crippen molar-refractivity contribution in [3.8, 4) is 0 Å². The van der Waals surface area contributed by atoms with E-state index < -0.39 is 5.97 Å². The molecule has 1 aromatic rings. The molecule has 0 bridgehead atoms. The van der Waals surface area contributed by atoms with Gasteiger partial charge in [0, 0.05) is 0 Å². The normalized spacial score (nSPS) is 10.1. The number of hydrogen-bond acceptors (Lipinski definition) is 4. The molecule has 0 atom stereocenters. The van der Waals surface area contributed by atoms with Crippen molar-refractivity contribution in [1.82, 2.24) is 0 Å². The number of carbonyl (C=O) groups is 1. The number of thiocarbonyl (C=S) groups is 1. The summed E-state index contributed by atoms with van der Waals surface area (Å²) in [5.41, 5.74) is 0.0528. The van der Waals surface area contributed by atoms with Crippen molar-refractivity contribution in [2.75, 3.05) is 14.2 Å². The molecule has 0 aliphatic rings. The summed E-state index contributed by atoms with van der Waals surface area (Å²) >= 11 is 28.8. The summed E-state index contributed by atoms with van der Waals surface area (Å²) in [6.45, 7) is 0. The maximum atomic E-state index is 11.5. The van der Waals surface area contributed by atoms with Crippen LogP contribution < -0.4 is 0 Å². The van der Waals surface area contributed by atoms with E-state index in [1.165, 1.54) is 14.2 Å². The highest BCUT2D eigenvalue weighted by Crippen LogP contribution is 2.41. The Labute approximate surface area is 129 Å². The third-order valence-corrected chi connectivity index (χ3v) is 4.12. The lowest BCUT2D eigenvalue weighted by Gasteiger charge is -2.14. The van der Waals surface area contributed by atoms with E-state index in [4.69, 9.17) is 63.4 Å². The number of carbonyl (C=O) groups excluding carboxylic acids is 1. The molecule has 0 aliphatic carbocycles. The topological polar surface area (TPSA) is 35.5 Å². The molecular formula is C10H6Cl4O3S. The maximum Gasteiger partial charge on any atom is 0.341 e. The van der Waals surface area contributed by atoms with E-state index >= 15 is 0 Å². The molecule has 0 aliphatic heterocycles. The Morgan fingerprint density at radius 3 is 1.61 bits per heavy atom. The molecule has 0 heterocycles. The molecule has 3 nitrogen and oxygen atoms in total. The molecule has 0 radical (unpaired) electrons. The third kappa shape index (κ3) is 2.68. The molecule has 0 saturated heterocycles. The van der Waals surface area contributed by atoms with Gasteiger partial charge in [0.25, 0.3) is 0 Å². The second-order valence-corrected chi connectivity index (χ2v) is 4.87. The van der Waals surface area contributed by atoms with Gasteiger partial charge < -0.3 is 9.47 Å². The number of benzene rings is 1. The average Bonchev–Trinajstić information content (AvgIpc) is 2.36. The van der Waals surface area contributed by atoms with E-state index in [0.29, 0.717) is 0 Å². The summed E-state index contributed by atoms with van der Waals surface area (Å²) in [7, 11) is 2.54. The van der Waals surface area contributed by atoms with Gasteiger partial charge in [0.2, 0.25) is 0 Å². The molecule has 1 rings (SSSR count). The highest BCUT2D eigenvalue weighted by Gasteiger charge is 2.27. The van der Waals surface area contributed by atoms with Crippen LogP contribution in [-0.4, -0.2) is 25.2 Å². The lowest BCUT2D eigenvalue weighted by atomic mass is 10.1. The predicted octanol–water partition coefficient (Wildman–Crippen LogP) is 4.41. The summed E-state index contributed by atoms with van der Waals surface area (Å²) < 4.78 is 9.41. The second-order valence-electron chi connectivity index (χ2n) is 2.99. The highest BCUT2D eigenvalue weighted by molar-refractivity contribution is 7.80. The van der Waals surface area contributed by atoms with Gasteiger partial charge >= 0.3 is 5.97 Å². The van der Waals surface area contributed by atoms with Crippen LogP contribution in [0, 0.1) is 0 Å². The molecule has 8 heteroatoms. The molecule has 0 saturated carbocycles. The van der Waals surface area contributed by atoms with Crippen LogP contribution in [0.5, 0.6) is 0 Å². The number of ether oxygens (including phenoxy) is 2. The first-order chi connectivity index (χ1) is 8.36. The van der Waals surface area contributed by atoms with E-state index in [0.717, 1.165) is 0 Å². The minimum absolute atomic E-state index is 0.0154. The lowest BCUT2D eigenvalue weighted by Crippen LogP contribution is -2.09. The van der Waals surface area contributed by atoms with Crippen LogP contribution in [0.4, 0.5) is 0 Å². The van der Waals surface area contributed by atoms with Gasteiger partial charge in [-0.1, -0.05) is 46.4 Å². The van der Waals surface area contributed by atoms with Crippen molar-refractivity contribution in [3.63, 3.8) is 0 Å². The molecule has 0 N–H and O–H groups in total. The van der Waals surface area contributed by atoms with E-state index in [2.05, 4.69) is 4.74 Å². The molecule has 0 unspecified atom stereocenters. The predicted molar refractivity (Wildman–Crippen MR) is 76.5 cm³/mol. The SMILES string of the molecule is COC(=O)c1c(Cl)c(Cl)c(C(=S)OC)c(Cl)c1Cl. The fraction of sp³-hybridized carbons (Fsp3) is 0.200. The first kappa shape index (κ1) is 15.8. The summed E-state index contributed by atoms with van der Waals surface area (Å²) in [6.07, 6.45) is 0. The molecule has 18 heavy (non-hydrogen) atoms. The quantitative estimate of drug-likeness (QED) is 0.451. The summed E-state index contributed by atoms with van der Waals surface area (Å²) in [4.78, 5) is 11.5. The van der Waals surface area contributed by atoms with Crippen LogP contribution in [0.1, 0.15) is 15.9 Å². The van der Waals surface area contributed by atoms with Crippen LogP contribution in [0.2, 0.25) is 20.1 Å². The van der Waals surface area contributed by atoms with Crippen LogP contribution in [0.3, 0.4) is 0 Å². The van der Waals surface area contributed by atoms with Gasteiger partial charge in [0.1, 0.15) is 0 Å². The van der Waals surface area contributed by atoms with E-state index in [1.54, 1.807) is 0 Å². The number of rotatable bonds is 2. The first-order valence-electron chi connectivity index (χ1n) is 4.39. The number of halogens is 4. The molecular weight excluding hydrogens is 342 g/mol. The summed E-state index contributed by atoms with van der Waals surface area (Å²) in [5.74, 6) is -0.747. The van der Waals surface area contributed by atoms with E-state index in [1.807, 2.05) is 0 Å². The zero-order valence-corrected chi connectivity index (χ0v) is 13.0. The van der Waals surface area contributed by atoms with Gasteiger partial charge in [0.15, 0.2) is 5.05 Å². The Morgan fingerprint density at radius 1 is 0.889 bits per heavy atom. The zero-order chi connectivity index (χ0) is 14.0. The first-order valence-corrected chi connectivity index (χ1v) is 6.31. The van der Waals surface area contributed by atoms with Crippen LogP contribution in [0.15, 0.2) is 0 Å². The maximum absolute atomic E-state index is 11.5. The molecule has 0 amide bonds. The minimum Gasteiger partial charge on any atom is -0.486 e. The Morgan fingerprint density at radius 2 is 1.28 bits per heavy atom. The average molecular weight is 348 g/mol. The van der Waals surface area contributed by atoms with Gasteiger partial charge in [0.05, 0.1) is 45.4 Å². The van der Waals surface area contributed by atoms with Gasteiger partial charge in [-0.2, -0.15) is 0 Å². The summed E-state index contributed by atoms with van der Waals surface area (Å²) in [6, 6.07) is 0. The zero-order valence-electron chi connectivity index (χ0n) is 9.14. The van der Waals surface area contributed by atoms with Crippen molar-refractivity contribution >= 4 is 69.6 Å². The number of methoxy groups -OCH3 is 2. The smallest absolute Gasteiger partial charge is 0.341 e. The largest absolute Gasteiger partial charge is 0.486 e. The fourth-order valence-electron chi connectivity index (χ4n) is 1.19. The summed E-state index contributed by atoms with van der Waals surface area (Å²) in [5, 5.41) is -0.193. The van der Waals surface area contributed by atoms with Crippen molar-refractivity contribution in [2.24, 2.45) is 0 Å². The monoisotopic (exact) mass is 346 g/mol. The van der Waals surface area contributed by atoms with Crippen molar-refractivity contribution in [3.05, 3.63) is 31.2 Å². The number of hydrogen-bond donors (Lipinski definition) is 0. The standard InChI is InChI=1S/C10H6Cl4O3S/c1-16-9(15)3-5(11)7(13)4(10(18)17-2)8(14)6(3)12/h1-2H3. The van der Waals surface area contributed by atoms with E-state index in [9.17, 15) is 4.79 Å². The second kappa shape index (κ2) is 6.26. The Hall–Kier alpha value is -0.260. The van der Waals surface area contributed by atoms with Gasteiger partial charge in [-0.05, 0) is 12.2 Å². The van der Waals surface area contributed by atoms with Crippen molar-refractivity contribution in [1.29, 1.82) is 0 Å². The van der Waals surface area contributed by atoms with Gasteiger partial charge in [-0.15, -0.1) is 0 Å². The molecule has 98 valence electrons. The Bertz CT molecular complexity index is 454. The molecule has 0 spiro atoms. The van der Waals surface area contributed by atoms with Crippen LogP contribution in [-0.2, 0) is 9.47 Å². The van der Waals surface area contributed by atoms with Gasteiger partial charge in [-0.3, -0.25) is 0 Å². The fourth-order valence-corrected chi connectivity index (χ4v) is 2.69. The Kier molecular flexibility index (Phi) is 5.49. The number of esters is 1. The van der Waals surface area contributed by atoms with Crippen molar-refractivity contribution < 1.29 is 14.3 Å².